The van der Waals surface area contributed by atoms with Crippen LogP contribution in [0.5, 0.6) is 0 Å². The number of hydrogen-bond acceptors (Lipinski definition) is 5. The van der Waals surface area contributed by atoms with Gasteiger partial charge in [-0.3, -0.25) is 0 Å². The Morgan fingerprint density at radius 3 is 2.47 bits per heavy atom. The summed E-state index contributed by atoms with van der Waals surface area (Å²) in [6.07, 6.45) is 4.40. The van der Waals surface area contributed by atoms with Crippen LogP contribution in [0.1, 0.15) is 66.6 Å². The molecule has 232 valence electrons. The topological polar surface area (TPSA) is 105 Å². The molecule has 45 heavy (non-hydrogen) atoms. The monoisotopic (exact) mass is 645 g/mol. The standard InChI is InChI=1S/C35H33Cl2N3O5/c1-19-14-23-16-24(44-18-27-32(39-45-33(27)21-10-11-21)31-28(36)8-5-9-29(31)37)17-30(19)40(23)35(43)38-22-12-13-25(34(41)42)26(15-22)20-6-3-2-4-7-20/h2-9,12-13,15,19,21,23-24,30H,10-11,14,16-18H2,1H3,(H,38,43)(H,41,42)/t19-,23?,24+,30?/m1/s1. The summed E-state index contributed by atoms with van der Waals surface area (Å²) in [7, 11) is 0. The lowest BCUT2D eigenvalue weighted by Crippen LogP contribution is -2.51. The molecule has 3 fully saturated rings. The van der Waals surface area contributed by atoms with E-state index in [-0.39, 0.29) is 29.8 Å². The fourth-order valence-electron chi connectivity index (χ4n) is 7.02. The van der Waals surface area contributed by atoms with Gasteiger partial charge in [-0.25, -0.2) is 9.59 Å². The van der Waals surface area contributed by atoms with Gasteiger partial charge >= 0.3 is 12.0 Å². The van der Waals surface area contributed by atoms with E-state index in [1.54, 1.807) is 36.4 Å². The van der Waals surface area contributed by atoms with Crippen LogP contribution in [0, 0.1) is 5.92 Å². The zero-order valence-electron chi connectivity index (χ0n) is 24.7. The van der Waals surface area contributed by atoms with Gasteiger partial charge in [-0.2, -0.15) is 0 Å². The normalized spacial score (nSPS) is 22.4. The summed E-state index contributed by atoms with van der Waals surface area (Å²) in [5.74, 6) is 0.481. The maximum Gasteiger partial charge on any atom is 0.336 e. The highest BCUT2D eigenvalue weighted by molar-refractivity contribution is 6.39. The first-order valence-corrected chi connectivity index (χ1v) is 16.1. The van der Waals surface area contributed by atoms with Crippen molar-refractivity contribution in [2.75, 3.05) is 5.32 Å². The largest absolute Gasteiger partial charge is 0.478 e. The Morgan fingerprint density at radius 2 is 1.78 bits per heavy atom. The Kier molecular flexibility index (Phi) is 8.06. The van der Waals surface area contributed by atoms with Crippen LogP contribution in [0.25, 0.3) is 22.4 Å². The minimum absolute atomic E-state index is 0.0171. The Labute approximate surface area is 271 Å². The van der Waals surface area contributed by atoms with Crippen molar-refractivity contribution in [2.45, 2.75) is 69.7 Å². The molecule has 1 aromatic heterocycles. The lowest BCUT2D eigenvalue weighted by atomic mass is 9.97. The van der Waals surface area contributed by atoms with E-state index in [0.717, 1.165) is 36.1 Å². The molecule has 1 saturated carbocycles. The summed E-state index contributed by atoms with van der Waals surface area (Å²) in [4.78, 5) is 27.6. The number of aromatic carboxylic acids is 1. The molecular weight excluding hydrogens is 613 g/mol. The summed E-state index contributed by atoms with van der Waals surface area (Å²) in [6, 6.07) is 19.5. The Morgan fingerprint density at radius 1 is 1.02 bits per heavy atom. The molecular formula is C35H33Cl2N3O5. The first kappa shape index (κ1) is 29.8. The van der Waals surface area contributed by atoms with Crippen LogP contribution in [0.2, 0.25) is 10.0 Å². The van der Waals surface area contributed by atoms with E-state index < -0.39 is 5.97 Å². The van der Waals surface area contributed by atoms with Crippen LogP contribution in [-0.2, 0) is 11.3 Å². The Hall–Kier alpha value is -3.85. The van der Waals surface area contributed by atoms with Crippen LogP contribution in [-0.4, -0.2) is 45.4 Å². The van der Waals surface area contributed by atoms with Crippen molar-refractivity contribution < 1.29 is 24.0 Å². The maximum absolute atomic E-state index is 13.7. The van der Waals surface area contributed by atoms with Gasteiger partial charge in [-0.15, -0.1) is 0 Å². The number of piperidine rings is 1. The van der Waals surface area contributed by atoms with Gasteiger partial charge in [0.1, 0.15) is 11.5 Å². The molecule has 2 aliphatic heterocycles. The number of carboxylic acid groups (broad SMARTS) is 1. The Balaban J connectivity index is 1.07. The molecule has 2 unspecified atom stereocenters. The molecule has 2 amide bonds. The van der Waals surface area contributed by atoms with Gasteiger partial charge < -0.3 is 24.6 Å². The smallest absolute Gasteiger partial charge is 0.336 e. The zero-order valence-corrected chi connectivity index (χ0v) is 26.2. The second kappa shape index (κ2) is 12.2. The van der Waals surface area contributed by atoms with Gasteiger partial charge in [-0.05, 0) is 79.5 Å². The van der Waals surface area contributed by atoms with Crippen molar-refractivity contribution in [1.82, 2.24) is 10.1 Å². The average Bonchev–Trinajstić information content (AvgIpc) is 3.75. The van der Waals surface area contributed by atoms with Gasteiger partial charge in [0.2, 0.25) is 0 Å². The first-order chi connectivity index (χ1) is 21.8. The number of halogens is 2. The number of urea groups is 1. The van der Waals surface area contributed by atoms with Crippen LogP contribution in [0.4, 0.5) is 10.5 Å². The van der Waals surface area contributed by atoms with Crippen LogP contribution < -0.4 is 5.32 Å². The zero-order chi connectivity index (χ0) is 31.2. The van der Waals surface area contributed by atoms with Gasteiger partial charge in [-0.1, -0.05) is 71.7 Å². The number of nitrogens with zero attached hydrogens (tertiary/aromatic N) is 2. The maximum atomic E-state index is 13.7. The number of nitrogens with one attached hydrogen (secondary N) is 1. The van der Waals surface area contributed by atoms with E-state index in [2.05, 4.69) is 17.4 Å². The van der Waals surface area contributed by atoms with E-state index in [0.29, 0.717) is 63.8 Å². The van der Waals surface area contributed by atoms with Crippen molar-refractivity contribution in [1.29, 1.82) is 0 Å². The second-order valence-electron chi connectivity index (χ2n) is 12.4. The van der Waals surface area contributed by atoms with Crippen molar-refractivity contribution in [2.24, 2.45) is 5.92 Å². The number of hydrogen-bond donors (Lipinski definition) is 2. The number of ether oxygens (including phenoxy) is 1. The average molecular weight is 647 g/mol. The molecule has 2 N–H and O–H groups in total. The molecule has 3 heterocycles. The van der Waals surface area contributed by atoms with Crippen molar-refractivity contribution in [3.63, 3.8) is 0 Å². The number of aromatic nitrogens is 1. The van der Waals surface area contributed by atoms with Gasteiger partial charge in [0, 0.05) is 34.8 Å². The number of carbonyl (C=O) groups is 2. The summed E-state index contributed by atoms with van der Waals surface area (Å²) in [5.41, 5.74) is 4.25. The van der Waals surface area contributed by atoms with Gasteiger partial charge in [0.15, 0.2) is 0 Å². The lowest BCUT2D eigenvalue weighted by molar-refractivity contribution is -0.0181. The predicted octanol–water partition coefficient (Wildman–Crippen LogP) is 8.88. The molecule has 1 aliphatic carbocycles. The van der Waals surface area contributed by atoms with Crippen molar-refractivity contribution in [3.8, 4) is 22.4 Å². The molecule has 4 aromatic rings. The van der Waals surface area contributed by atoms with Gasteiger partial charge in [0.25, 0.3) is 0 Å². The number of benzene rings is 3. The fourth-order valence-corrected chi connectivity index (χ4v) is 7.60. The van der Waals surface area contributed by atoms with Crippen molar-refractivity contribution >= 4 is 40.9 Å². The molecule has 0 spiro atoms. The van der Waals surface area contributed by atoms with E-state index in [1.165, 1.54) is 0 Å². The summed E-state index contributed by atoms with van der Waals surface area (Å²) in [5, 5.41) is 18.2. The molecule has 2 bridgehead atoms. The highest BCUT2D eigenvalue weighted by Crippen LogP contribution is 2.47. The number of amides is 2. The van der Waals surface area contributed by atoms with Gasteiger partial charge in [0.05, 0.1) is 28.3 Å². The number of carbonyl (C=O) groups excluding carboxylic acids is 1. The van der Waals surface area contributed by atoms with E-state index in [4.69, 9.17) is 32.5 Å². The minimum Gasteiger partial charge on any atom is -0.478 e. The highest BCUT2D eigenvalue weighted by atomic mass is 35.5. The number of anilines is 1. The summed E-state index contributed by atoms with van der Waals surface area (Å²) < 4.78 is 12.4. The Bertz CT molecular complexity index is 1740. The molecule has 3 aromatic carbocycles. The third-order valence-electron chi connectivity index (χ3n) is 9.34. The fraction of sp³-hybridized carbons (Fsp3) is 0.343. The van der Waals surface area contributed by atoms with Crippen LogP contribution in [0.15, 0.2) is 71.3 Å². The van der Waals surface area contributed by atoms with Crippen LogP contribution in [0.3, 0.4) is 0 Å². The number of rotatable bonds is 8. The molecule has 4 atom stereocenters. The molecule has 8 nitrogen and oxygen atoms in total. The summed E-state index contributed by atoms with van der Waals surface area (Å²) >= 11 is 13.1. The molecule has 7 rings (SSSR count). The van der Waals surface area contributed by atoms with Crippen LogP contribution >= 0.6 is 23.2 Å². The lowest BCUT2D eigenvalue weighted by Gasteiger charge is -2.39. The predicted molar refractivity (Wildman–Crippen MR) is 173 cm³/mol. The van der Waals surface area contributed by atoms with E-state index in [9.17, 15) is 14.7 Å². The third-order valence-corrected chi connectivity index (χ3v) is 9.97. The molecule has 10 heteroatoms. The van der Waals surface area contributed by atoms with E-state index in [1.807, 2.05) is 35.2 Å². The quantitative estimate of drug-likeness (QED) is 0.198. The molecule has 0 radical (unpaired) electrons. The SMILES string of the molecule is C[C@@H]1CC2C[C@H](OCc3c(-c4c(Cl)cccc4Cl)noc3C3CC3)CC1N2C(=O)Nc1ccc(C(=O)O)c(-c2ccccc2)c1. The first-order valence-electron chi connectivity index (χ1n) is 15.3. The molecule has 2 saturated heterocycles. The molecule has 3 aliphatic rings. The van der Waals surface area contributed by atoms with Crippen molar-refractivity contribution in [3.05, 3.63) is 93.7 Å². The minimum atomic E-state index is -1.02. The van der Waals surface area contributed by atoms with E-state index >= 15 is 0 Å². The number of carboxylic acids is 1. The summed E-state index contributed by atoms with van der Waals surface area (Å²) in [6.45, 7) is 2.51. The second-order valence-corrected chi connectivity index (χ2v) is 13.2. The highest BCUT2D eigenvalue weighted by Gasteiger charge is 2.48. The third kappa shape index (κ3) is 5.83. The number of fused-ring (bicyclic) bond motifs is 2.